The fraction of sp³-hybridized carbons (Fsp3) is 0.346. The van der Waals surface area contributed by atoms with Crippen LogP contribution in [0.15, 0.2) is 42.0 Å². The van der Waals surface area contributed by atoms with E-state index in [0.29, 0.717) is 38.8 Å². The fourth-order valence-corrected chi connectivity index (χ4v) is 5.29. The topological polar surface area (TPSA) is 125 Å². The second kappa shape index (κ2) is 11.1. The largest absolute Gasteiger partial charge is 0.493 e. The van der Waals surface area contributed by atoms with Crippen molar-refractivity contribution in [1.82, 2.24) is 10.2 Å². The van der Waals surface area contributed by atoms with Crippen LogP contribution in [-0.2, 0) is 16.1 Å². The zero-order valence-electron chi connectivity index (χ0n) is 20.1. The van der Waals surface area contributed by atoms with Gasteiger partial charge in [0.2, 0.25) is 11.8 Å². The summed E-state index contributed by atoms with van der Waals surface area (Å²) < 4.78 is 11.5. The van der Waals surface area contributed by atoms with Crippen LogP contribution in [0.3, 0.4) is 0 Å². The van der Waals surface area contributed by atoms with Crippen molar-refractivity contribution in [3.05, 3.63) is 68.7 Å². The zero-order valence-corrected chi connectivity index (χ0v) is 21.6. The molecule has 1 aliphatic carbocycles. The summed E-state index contributed by atoms with van der Waals surface area (Å²) >= 11 is 12.4. The highest BCUT2D eigenvalue weighted by Gasteiger charge is 2.51. The number of aldehydes is 1. The van der Waals surface area contributed by atoms with E-state index in [0.717, 1.165) is 0 Å². The Morgan fingerprint density at radius 2 is 2.00 bits per heavy atom. The van der Waals surface area contributed by atoms with Gasteiger partial charge in [0.1, 0.15) is 18.5 Å². The normalized spacial score (nSPS) is 21.7. The number of amides is 2. The molecule has 0 saturated heterocycles. The second-order valence-electron chi connectivity index (χ2n) is 8.78. The molecule has 4 atom stereocenters. The summed E-state index contributed by atoms with van der Waals surface area (Å²) in [5.74, 6) is -1.03. The molecule has 3 N–H and O–H groups in total. The summed E-state index contributed by atoms with van der Waals surface area (Å²) in [7, 11) is 1.42. The maximum Gasteiger partial charge on any atom is 0.247 e. The molecule has 2 aromatic carbocycles. The Hall–Kier alpha value is -3.11. The Labute approximate surface area is 223 Å². The molecule has 11 heteroatoms. The minimum absolute atomic E-state index is 0.00297. The van der Waals surface area contributed by atoms with Crippen LogP contribution in [0.5, 0.6) is 11.5 Å². The van der Waals surface area contributed by atoms with Crippen LogP contribution in [0.1, 0.15) is 34.3 Å². The average molecular weight is 549 g/mol. The van der Waals surface area contributed by atoms with Gasteiger partial charge >= 0.3 is 0 Å². The second-order valence-corrected chi connectivity index (χ2v) is 9.63. The smallest absolute Gasteiger partial charge is 0.247 e. The van der Waals surface area contributed by atoms with Gasteiger partial charge in [0.15, 0.2) is 11.5 Å². The quantitative estimate of drug-likeness (QED) is 0.432. The number of carbonyl (C=O) groups excluding carboxylic acids is 3. The number of hydrogen-bond acceptors (Lipinski definition) is 7. The van der Waals surface area contributed by atoms with Crippen molar-refractivity contribution >= 4 is 41.3 Å². The molecule has 2 aromatic rings. The summed E-state index contributed by atoms with van der Waals surface area (Å²) in [5, 5.41) is 24.1. The maximum atomic E-state index is 13.2. The number of ether oxygens (including phenoxy) is 2. The molecule has 0 saturated carbocycles. The lowest BCUT2D eigenvalue weighted by molar-refractivity contribution is -0.135. The molecule has 1 heterocycles. The molecule has 196 valence electrons. The number of benzene rings is 2. The minimum Gasteiger partial charge on any atom is -0.493 e. The minimum atomic E-state index is -1.24. The molecule has 37 heavy (non-hydrogen) atoms. The van der Waals surface area contributed by atoms with Gasteiger partial charge in [-0.25, -0.2) is 0 Å². The van der Waals surface area contributed by atoms with Crippen molar-refractivity contribution in [2.45, 2.75) is 37.6 Å². The SMILES string of the molecule is COc1cc(C=O)cc2c1O[C@@H]1[C@@H](O)[C@H](N(Cc3ccc(Cl)cc3Cl)C(C)=O)C=C(C(=O)NCCO)[C@H]21. The van der Waals surface area contributed by atoms with E-state index >= 15 is 0 Å². The molecule has 9 nitrogen and oxygen atoms in total. The first-order valence-electron chi connectivity index (χ1n) is 11.5. The monoisotopic (exact) mass is 548 g/mol. The molecule has 2 amide bonds. The lowest BCUT2D eigenvalue weighted by atomic mass is 9.77. The first-order chi connectivity index (χ1) is 17.7. The van der Waals surface area contributed by atoms with Crippen LogP contribution >= 0.6 is 23.2 Å². The molecule has 0 bridgehead atoms. The molecular formula is C26H26Cl2N2O7. The van der Waals surface area contributed by atoms with Gasteiger partial charge in [-0.2, -0.15) is 0 Å². The van der Waals surface area contributed by atoms with Crippen molar-refractivity contribution in [2.75, 3.05) is 20.3 Å². The van der Waals surface area contributed by atoms with Crippen molar-refractivity contribution in [3.8, 4) is 11.5 Å². The van der Waals surface area contributed by atoms with Gasteiger partial charge in [0.05, 0.1) is 25.7 Å². The van der Waals surface area contributed by atoms with Crippen LogP contribution in [0.2, 0.25) is 10.0 Å². The number of fused-ring (bicyclic) bond motifs is 3. The van der Waals surface area contributed by atoms with Gasteiger partial charge < -0.3 is 29.9 Å². The van der Waals surface area contributed by atoms with Crippen LogP contribution in [-0.4, -0.2) is 71.7 Å². The van der Waals surface area contributed by atoms with E-state index < -0.39 is 30.1 Å². The van der Waals surface area contributed by atoms with Gasteiger partial charge in [0, 0.05) is 46.8 Å². The van der Waals surface area contributed by atoms with Crippen LogP contribution in [0.4, 0.5) is 0 Å². The highest BCUT2D eigenvalue weighted by Crippen LogP contribution is 2.51. The Bertz CT molecular complexity index is 1270. The number of rotatable bonds is 8. The van der Waals surface area contributed by atoms with Gasteiger partial charge in [-0.15, -0.1) is 0 Å². The van der Waals surface area contributed by atoms with Gasteiger partial charge in [-0.05, 0) is 35.9 Å². The van der Waals surface area contributed by atoms with E-state index in [1.165, 1.54) is 31.1 Å². The number of methoxy groups -OCH3 is 1. The van der Waals surface area contributed by atoms with E-state index in [4.69, 9.17) is 32.7 Å². The molecule has 0 unspecified atom stereocenters. The van der Waals surface area contributed by atoms with Crippen LogP contribution in [0.25, 0.3) is 0 Å². The highest BCUT2D eigenvalue weighted by atomic mass is 35.5. The fourth-order valence-electron chi connectivity index (χ4n) is 4.82. The number of aliphatic hydroxyl groups excluding tert-OH is 2. The summed E-state index contributed by atoms with van der Waals surface area (Å²) in [5.41, 5.74) is 1.65. The number of aliphatic hydroxyl groups is 2. The molecule has 0 aromatic heterocycles. The van der Waals surface area contributed by atoms with E-state index in [-0.39, 0.29) is 36.9 Å². The Kier molecular flexibility index (Phi) is 8.08. The molecular weight excluding hydrogens is 523 g/mol. The molecule has 0 spiro atoms. The lowest BCUT2D eigenvalue weighted by Crippen LogP contribution is -2.55. The van der Waals surface area contributed by atoms with Gasteiger partial charge in [-0.3, -0.25) is 14.4 Å². The lowest BCUT2D eigenvalue weighted by Gasteiger charge is -2.40. The summed E-state index contributed by atoms with van der Waals surface area (Å²) in [6.45, 7) is 1.12. The summed E-state index contributed by atoms with van der Waals surface area (Å²) in [6.07, 6.45) is -0.0207. The van der Waals surface area contributed by atoms with Gasteiger partial charge in [0.25, 0.3) is 0 Å². The van der Waals surface area contributed by atoms with Crippen LogP contribution in [0, 0.1) is 0 Å². The standard InChI is InChI=1S/C26H26Cl2N2O7/c1-13(33)30(11-15-3-4-16(27)9-19(15)28)20-10-18(26(35)29-5-6-31)22-17-7-14(12-32)8-21(36-2)24(17)37-25(22)23(20)34/h3-4,7-10,12,20,22-23,25,31,34H,5-6,11H2,1-2H3,(H,29,35)/t20-,22+,23+,25+/m1/s1. The number of hydrogen-bond donors (Lipinski definition) is 3. The molecule has 1 aliphatic heterocycles. The third kappa shape index (κ3) is 5.17. The predicted octanol–water partition coefficient (Wildman–Crippen LogP) is 2.49. The third-order valence-corrected chi connectivity index (χ3v) is 7.12. The van der Waals surface area contributed by atoms with Crippen molar-refractivity contribution < 1.29 is 34.1 Å². The van der Waals surface area contributed by atoms with Crippen LogP contribution < -0.4 is 14.8 Å². The molecule has 0 radical (unpaired) electrons. The highest BCUT2D eigenvalue weighted by molar-refractivity contribution is 6.35. The first-order valence-corrected chi connectivity index (χ1v) is 12.3. The van der Waals surface area contributed by atoms with E-state index in [9.17, 15) is 24.6 Å². The number of nitrogens with zero attached hydrogens (tertiary/aromatic N) is 1. The van der Waals surface area contributed by atoms with E-state index in [1.54, 1.807) is 24.3 Å². The Morgan fingerprint density at radius 3 is 2.62 bits per heavy atom. The Balaban J connectivity index is 1.81. The van der Waals surface area contributed by atoms with Crippen molar-refractivity contribution in [3.63, 3.8) is 0 Å². The average Bonchev–Trinajstić information content (AvgIpc) is 3.26. The summed E-state index contributed by atoms with van der Waals surface area (Å²) in [4.78, 5) is 39.0. The molecule has 0 fully saturated rings. The van der Waals surface area contributed by atoms with E-state index in [1.807, 2.05) is 0 Å². The van der Waals surface area contributed by atoms with Gasteiger partial charge in [-0.1, -0.05) is 29.3 Å². The summed E-state index contributed by atoms with van der Waals surface area (Å²) in [6, 6.07) is 7.03. The maximum absolute atomic E-state index is 13.2. The van der Waals surface area contributed by atoms with Crippen molar-refractivity contribution in [1.29, 1.82) is 0 Å². The number of nitrogens with one attached hydrogen (secondary N) is 1. The molecule has 4 rings (SSSR count). The first kappa shape index (κ1) is 26.9. The number of carbonyl (C=O) groups is 3. The Morgan fingerprint density at radius 1 is 1.24 bits per heavy atom. The predicted molar refractivity (Wildman–Crippen MR) is 136 cm³/mol. The molecule has 2 aliphatic rings. The zero-order chi connectivity index (χ0) is 26.9. The van der Waals surface area contributed by atoms with E-state index in [2.05, 4.69) is 5.32 Å². The van der Waals surface area contributed by atoms with Crippen molar-refractivity contribution in [2.24, 2.45) is 0 Å². The third-order valence-electron chi connectivity index (χ3n) is 6.53. The number of halogens is 2.